The number of benzene rings is 2. The standard InChI is InChI=1S/C24H29N3O5S2/c1-14(2)27-17-9-8-16(12-21(17)33-23(27)29)25-22(28)20-13-26(34(6,30)31)18-11-15(24(3,4)5)7-10-19(18)32-20/h7-12,14,20H,13H2,1-6H3,(H,25,28)/t20-/m1/s1. The second-order valence-corrected chi connectivity index (χ2v) is 12.7. The molecule has 0 aliphatic carbocycles. The lowest BCUT2D eigenvalue weighted by Crippen LogP contribution is -2.48. The monoisotopic (exact) mass is 503 g/mol. The van der Waals surface area contributed by atoms with Crippen LogP contribution in [0.2, 0.25) is 0 Å². The Morgan fingerprint density at radius 3 is 2.50 bits per heavy atom. The van der Waals surface area contributed by atoms with E-state index in [-0.39, 0.29) is 22.9 Å². The third kappa shape index (κ3) is 4.56. The minimum atomic E-state index is -3.64. The number of sulfonamides is 1. The second kappa shape index (κ2) is 8.42. The third-order valence-electron chi connectivity index (χ3n) is 5.78. The highest BCUT2D eigenvalue weighted by atomic mass is 32.2. The molecule has 0 fully saturated rings. The molecule has 10 heteroatoms. The largest absolute Gasteiger partial charge is 0.476 e. The average molecular weight is 504 g/mol. The Kier molecular flexibility index (Phi) is 6.02. The fourth-order valence-electron chi connectivity index (χ4n) is 3.99. The second-order valence-electron chi connectivity index (χ2n) is 9.84. The van der Waals surface area contributed by atoms with Gasteiger partial charge in [-0.05, 0) is 55.2 Å². The highest BCUT2D eigenvalue weighted by Gasteiger charge is 2.36. The summed E-state index contributed by atoms with van der Waals surface area (Å²) in [4.78, 5) is 25.3. The van der Waals surface area contributed by atoms with Gasteiger partial charge in [0.05, 0.1) is 28.7 Å². The molecule has 0 unspecified atom stereocenters. The molecule has 2 aromatic carbocycles. The molecule has 0 saturated heterocycles. The van der Waals surface area contributed by atoms with E-state index in [1.165, 1.54) is 4.31 Å². The molecule has 0 spiro atoms. The molecule has 1 aromatic heterocycles. The van der Waals surface area contributed by atoms with Crippen molar-refractivity contribution in [3.63, 3.8) is 0 Å². The topological polar surface area (TPSA) is 97.7 Å². The van der Waals surface area contributed by atoms with Crippen LogP contribution in [-0.2, 0) is 20.2 Å². The van der Waals surface area contributed by atoms with Crippen molar-refractivity contribution in [3.8, 4) is 5.75 Å². The lowest BCUT2D eigenvalue weighted by molar-refractivity contribution is -0.122. The van der Waals surface area contributed by atoms with Gasteiger partial charge in [-0.3, -0.25) is 18.5 Å². The van der Waals surface area contributed by atoms with E-state index in [1.54, 1.807) is 34.9 Å². The molecule has 1 aliphatic heterocycles. The number of carbonyl (C=O) groups is 1. The number of nitrogens with zero attached hydrogens (tertiary/aromatic N) is 2. The first-order chi connectivity index (χ1) is 15.8. The first-order valence-corrected chi connectivity index (χ1v) is 13.7. The van der Waals surface area contributed by atoms with Crippen LogP contribution in [0, 0.1) is 0 Å². The molecule has 0 bridgehead atoms. The van der Waals surface area contributed by atoms with Crippen molar-refractivity contribution in [2.75, 3.05) is 22.4 Å². The number of ether oxygens (including phenoxy) is 1. The quantitative estimate of drug-likeness (QED) is 0.578. The number of anilines is 2. The fourth-order valence-corrected chi connectivity index (χ4v) is 5.95. The molecule has 34 heavy (non-hydrogen) atoms. The van der Waals surface area contributed by atoms with Crippen LogP contribution in [0.4, 0.5) is 11.4 Å². The van der Waals surface area contributed by atoms with Gasteiger partial charge in [0.1, 0.15) is 5.75 Å². The van der Waals surface area contributed by atoms with Gasteiger partial charge >= 0.3 is 4.87 Å². The summed E-state index contributed by atoms with van der Waals surface area (Å²) < 4.78 is 34.8. The van der Waals surface area contributed by atoms with E-state index < -0.39 is 22.0 Å². The molecule has 1 atom stereocenters. The zero-order valence-electron chi connectivity index (χ0n) is 20.1. The normalized spacial score (nSPS) is 16.4. The Hall–Kier alpha value is -2.85. The number of amides is 1. The van der Waals surface area contributed by atoms with Gasteiger partial charge in [-0.15, -0.1) is 0 Å². The minimum absolute atomic E-state index is 0.0261. The number of carbonyl (C=O) groups excluding carboxylic acids is 1. The number of fused-ring (bicyclic) bond motifs is 2. The van der Waals surface area contributed by atoms with E-state index >= 15 is 0 Å². The van der Waals surface area contributed by atoms with E-state index in [9.17, 15) is 18.0 Å². The number of aromatic nitrogens is 1. The van der Waals surface area contributed by atoms with Crippen molar-refractivity contribution in [2.24, 2.45) is 0 Å². The van der Waals surface area contributed by atoms with Crippen molar-refractivity contribution in [2.45, 2.75) is 52.2 Å². The van der Waals surface area contributed by atoms with Crippen molar-refractivity contribution in [3.05, 3.63) is 51.6 Å². The van der Waals surface area contributed by atoms with Crippen LogP contribution in [0.5, 0.6) is 5.75 Å². The van der Waals surface area contributed by atoms with Crippen LogP contribution in [-0.4, -0.2) is 37.8 Å². The summed E-state index contributed by atoms with van der Waals surface area (Å²) in [6, 6.07) is 10.7. The number of nitrogens with one attached hydrogen (secondary N) is 1. The maximum absolute atomic E-state index is 13.1. The van der Waals surface area contributed by atoms with Crippen molar-refractivity contribution in [1.29, 1.82) is 0 Å². The Morgan fingerprint density at radius 1 is 1.18 bits per heavy atom. The van der Waals surface area contributed by atoms with Crippen LogP contribution in [0.1, 0.15) is 46.2 Å². The SMILES string of the molecule is CC(C)n1c(=O)sc2cc(NC(=O)[C@H]3CN(S(C)(=O)=O)c4cc(C(C)(C)C)ccc4O3)ccc21. The van der Waals surface area contributed by atoms with Gasteiger partial charge in [0, 0.05) is 11.7 Å². The lowest BCUT2D eigenvalue weighted by Gasteiger charge is -2.35. The summed E-state index contributed by atoms with van der Waals surface area (Å²) in [6.07, 6.45) is 0.0909. The van der Waals surface area contributed by atoms with E-state index in [1.807, 2.05) is 40.7 Å². The fraction of sp³-hybridized carbons (Fsp3) is 0.417. The summed E-state index contributed by atoms with van der Waals surface area (Å²) in [5, 5.41) is 2.81. The molecule has 0 radical (unpaired) electrons. The molecule has 1 N–H and O–H groups in total. The van der Waals surface area contributed by atoms with Gasteiger partial charge in [0.25, 0.3) is 5.91 Å². The molecular formula is C24H29N3O5S2. The Labute approximate surface area is 203 Å². The van der Waals surface area contributed by atoms with E-state index in [2.05, 4.69) is 5.32 Å². The summed E-state index contributed by atoms with van der Waals surface area (Å²) in [7, 11) is -3.64. The van der Waals surface area contributed by atoms with Gasteiger partial charge in [-0.2, -0.15) is 0 Å². The molecule has 182 valence electrons. The van der Waals surface area contributed by atoms with Crippen LogP contribution in [0.3, 0.4) is 0 Å². The first kappa shape index (κ1) is 24.3. The van der Waals surface area contributed by atoms with E-state index in [0.29, 0.717) is 17.1 Å². The van der Waals surface area contributed by atoms with Gasteiger partial charge in [0.2, 0.25) is 10.0 Å². The van der Waals surface area contributed by atoms with Crippen molar-refractivity contribution >= 4 is 48.9 Å². The molecular weight excluding hydrogens is 474 g/mol. The average Bonchev–Trinajstić information content (AvgIpc) is 3.06. The maximum Gasteiger partial charge on any atom is 0.308 e. The molecule has 2 heterocycles. The Bertz CT molecular complexity index is 1430. The van der Waals surface area contributed by atoms with Gasteiger partial charge < -0.3 is 10.1 Å². The first-order valence-electron chi connectivity index (χ1n) is 11.0. The number of rotatable bonds is 4. The molecule has 4 rings (SSSR count). The van der Waals surface area contributed by atoms with Gasteiger partial charge in [-0.25, -0.2) is 8.42 Å². The molecule has 1 amide bonds. The zero-order chi connectivity index (χ0) is 25.0. The van der Waals surface area contributed by atoms with Crippen molar-refractivity contribution in [1.82, 2.24) is 4.57 Å². The number of hydrogen-bond acceptors (Lipinski definition) is 6. The van der Waals surface area contributed by atoms with Crippen LogP contribution in [0.15, 0.2) is 41.2 Å². The van der Waals surface area contributed by atoms with Gasteiger partial charge in [0.15, 0.2) is 6.10 Å². The van der Waals surface area contributed by atoms with Crippen LogP contribution in [0.25, 0.3) is 10.2 Å². The Morgan fingerprint density at radius 2 is 1.88 bits per heavy atom. The zero-order valence-corrected chi connectivity index (χ0v) is 21.7. The Balaban J connectivity index is 1.63. The molecule has 3 aromatic rings. The van der Waals surface area contributed by atoms with Crippen molar-refractivity contribution < 1.29 is 17.9 Å². The number of hydrogen-bond donors (Lipinski definition) is 1. The predicted molar refractivity (Wildman–Crippen MR) is 137 cm³/mol. The van der Waals surface area contributed by atoms with E-state index in [0.717, 1.165) is 33.4 Å². The highest BCUT2D eigenvalue weighted by Crippen LogP contribution is 2.38. The summed E-state index contributed by atoms with van der Waals surface area (Å²) in [5.41, 5.74) is 2.54. The molecule has 0 saturated carbocycles. The van der Waals surface area contributed by atoms with Crippen LogP contribution >= 0.6 is 11.3 Å². The maximum atomic E-state index is 13.1. The highest BCUT2D eigenvalue weighted by molar-refractivity contribution is 7.92. The third-order valence-corrected chi connectivity index (χ3v) is 7.85. The summed E-state index contributed by atoms with van der Waals surface area (Å²) >= 11 is 1.12. The predicted octanol–water partition coefficient (Wildman–Crippen LogP) is 4.11. The smallest absolute Gasteiger partial charge is 0.308 e. The van der Waals surface area contributed by atoms with Gasteiger partial charge in [-0.1, -0.05) is 38.2 Å². The van der Waals surface area contributed by atoms with E-state index in [4.69, 9.17) is 4.74 Å². The minimum Gasteiger partial charge on any atom is -0.476 e. The van der Waals surface area contributed by atoms with Crippen LogP contribution < -0.4 is 19.2 Å². The molecule has 8 nitrogen and oxygen atoms in total. The summed E-state index contributed by atoms with van der Waals surface area (Å²) in [5.74, 6) is -0.123. The number of thiazole rings is 1. The summed E-state index contributed by atoms with van der Waals surface area (Å²) in [6.45, 7) is 9.89. The molecule has 1 aliphatic rings. The lowest BCUT2D eigenvalue weighted by atomic mass is 9.86.